The van der Waals surface area contributed by atoms with Gasteiger partial charge in [-0.15, -0.1) is 0 Å². The van der Waals surface area contributed by atoms with Crippen LogP contribution in [0.1, 0.15) is 0 Å². The zero-order valence-electron chi connectivity index (χ0n) is 7.24. The molecule has 0 aliphatic rings. The van der Waals surface area contributed by atoms with Crippen LogP contribution in [-0.4, -0.2) is 79.5 Å². The van der Waals surface area contributed by atoms with E-state index in [4.69, 9.17) is 25.5 Å². The molecule has 7 nitrogen and oxygen atoms in total. The summed E-state index contributed by atoms with van der Waals surface area (Å²) in [7, 11) is 0. The van der Waals surface area contributed by atoms with E-state index < -0.39 is 36.9 Å². The Bertz CT molecular complexity index is 180. The molecule has 0 aliphatic heterocycles. The first kappa shape index (κ1) is 16.2. The van der Waals surface area contributed by atoms with Crippen molar-refractivity contribution < 1.29 is 30.3 Å². The van der Waals surface area contributed by atoms with Crippen LogP contribution in [0, 0.1) is 0 Å². The predicted octanol–water partition coefficient (Wildman–Crippen LogP) is -5.01. The van der Waals surface area contributed by atoms with Gasteiger partial charge in [-0.1, -0.05) is 0 Å². The zero-order chi connectivity index (χ0) is 10.6. The van der Waals surface area contributed by atoms with E-state index in [2.05, 4.69) is 5.73 Å². The van der Waals surface area contributed by atoms with Gasteiger partial charge in [0.1, 0.15) is 18.3 Å². The number of carbonyl (C=O) groups is 1. The molecule has 0 aromatic rings. The average molecular weight is 276 g/mol. The van der Waals surface area contributed by atoms with Crippen LogP contribution < -0.4 is 5.73 Å². The van der Waals surface area contributed by atoms with Crippen molar-refractivity contribution in [3.8, 4) is 0 Å². The van der Waals surface area contributed by atoms with Crippen molar-refractivity contribution in [2.24, 2.45) is 5.73 Å². The number of hydrogen-bond acceptors (Lipinski definition) is 6. The van der Waals surface area contributed by atoms with Crippen molar-refractivity contribution in [1.82, 2.24) is 0 Å². The summed E-state index contributed by atoms with van der Waals surface area (Å²) in [6.07, 6.45) is -7.35. The predicted molar refractivity (Wildman–Crippen MR) is 48.9 cm³/mol. The van der Waals surface area contributed by atoms with Gasteiger partial charge in [0.2, 0.25) is 5.91 Å². The fourth-order valence-electron chi connectivity index (χ4n) is 0.691. The molecule has 7 N–H and O–H groups in total. The Morgan fingerprint density at radius 2 is 1.57 bits per heavy atom. The number of amides is 1. The van der Waals surface area contributed by atoms with Crippen LogP contribution >= 0.6 is 0 Å². The number of primary amides is 1. The molecular formula is C6H15NO6Se. The van der Waals surface area contributed by atoms with Gasteiger partial charge in [-0.3, -0.25) is 4.79 Å². The van der Waals surface area contributed by atoms with Crippen molar-refractivity contribution in [3.05, 3.63) is 0 Å². The van der Waals surface area contributed by atoms with E-state index in [0.717, 1.165) is 0 Å². The SMILES string of the molecule is NC(=O)C(O)C(O)C(O)C(O)CO.[SeH2]. The van der Waals surface area contributed by atoms with Crippen LogP contribution in [-0.2, 0) is 4.79 Å². The Labute approximate surface area is 90.6 Å². The van der Waals surface area contributed by atoms with Gasteiger partial charge >= 0.3 is 17.1 Å². The zero-order valence-corrected chi connectivity index (χ0v) is 9.34. The van der Waals surface area contributed by atoms with Gasteiger partial charge in [-0.25, -0.2) is 0 Å². The maximum atomic E-state index is 10.3. The maximum absolute atomic E-state index is 10.3. The summed E-state index contributed by atoms with van der Waals surface area (Å²) >= 11 is 0. The third kappa shape index (κ3) is 4.34. The average Bonchev–Trinajstić information content (AvgIpc) is 2.12. The standard InChI is InChI=1S/C6H13NO6.H2Se/c7-6(13)5(12)4(11)3(10)2(9)1-8;/h2-5,8-12H,1H2,(H2,7,13);1H2. The summed E-state index contributed by atoms with van der Waals surface area (Å²) in [6, 6.07) is 0. The molecular weight excluding hydrogens is 261 g/mol. The number of hydrogen-bond donors (Lipinski definition) is 6. The molecule has 0 spiro atoms. The fraction of sp³-hybridized carbons (Fsp3) is 0.833. The van der Waals surface area contributed by atoms with E-state index in [-0.39, 0.29) is 17.1 Å². The Kier molecular flexibility index (Phi) is 8.27. The normalized spacial score (nSPS) is 18.9. The van der Waals surface area contributed by atoms with E-state index in [1.807, 2.05) is 0 Å². The molecule has 14 heavy (non-hydrogen) atoms. The monoisotopic (exact) mass is 277 g/mol. The minimum atomic E-state index is -1.98. The second-order valence-electron chi connectivity index (χ2n) is 2.58. The van der Waals surface area contributed by atoms with Crippen molar-refractivity contribution >= 4 is 23.0 Å². The number of rotatable bonds is 5. The molecule has 0 aromatic carbocycles. The van der Waals surface area contributed by atoms with Crippen molar-refractivity contribution in [2.45, 2.75) is 24.4 Å². The van der Waals surface area contributed by atoms with Crippen molar-refractivity contribution in [1.29, 1.82) is 0 Å². The summed E-state index contributed by atoms with van der Waals surface area (Å²) in [5.74, 6) is -1.23. The molecule has 0 saturated heterocycles. The molecule has 1 amide bonds. The molecule has 4 atom stereocenters. The quantitative estimate of drug-likeness (QED) is 0.277. The van der Waals surface area contributed by atoms with E-state index in [1.54, 1.807) is 0 Å². The van der Waals surface area contributed by atoms with E-state index in [0.29, 0.717) is 0 Å². The van der Waals surface area contributed by atoms with E-state index >= 15 is 0 Å². The minimum absolute atomic E-state index is 0. The van der Waals surface area contributed by atoms with Gasteiger partial charge in [0, 0.05) is 0 Å². The van der Waals surface area contributed by atoms with Crippen molar-refractivity contribution in [3.63, 3.8) is 0 Å². The first-order chi connectivity index (χ1) is 5.91. The molecule has 0 aliphatic carbocycles. The summed E-state index contributed by atoms with van der Waals surface area (Å²) in [5.41, 5.74) is 4.61. The molecule has 86 valence electrons. The summed E-state index contributed by atoms with van der Waals surface area (Å²) in [4.78, 5) is 10.3. The van der Waals surface area contributed by atoms with Crippen LogP contribution in [0.4, 0.5) is 0 Å². The van der Waals surface area contributed by atoms with Crippen LogP contribution in [0.5, 0.6) is 0 Å². The van der Waals surface area contributed by atoms with Crippen LogP contribution in [0.2, 0.25) is 0 Å². The molecule has 4 unspecified atom stereocenters. The Morgan fingerprint density at radius 3 is 1.86 bits per heavy atom. The second-order valence-corrected chi connectivity index (χ2v) is 2.58. The van der Waals surface area contributed by atoms with E-state index in [1.165, 1.54) is 0 Å². The first-order valence-corrected chi connectivity index (χ1v) is 3.54. The third-order valence-corrected chi connectivity index (χ3v) is 1.55. The topological polar surface area (TPSA) is 144 Å². The molecule has 0 heterocycles. The van der Waals surface area contributed by atoms with Gasteiger partial charge in [0.05, 0.1) is 6.61 Å². The Morgan fingerprint density at radius 1 is 1.14 bits per heavy atom. The third-order valence-electron chi connectivity index (χ3n) is 1.55. The van der Waals surface area contributed by atoms with Gasteiger partial charge in [0.25, 0.3) is 0 Å². The first-order valence-electron chi connectivity index (χ1n) is 3.54. The van der Waals surface area contributed by atoms with Gasteiger partial charge in [-0.2, -0.15) is 0 Å². The number of carbonyl (C=O) groups excluding carboxylic acids is 1. The molecule has 8 heteroatoms. The number of aliphatic hydroxyl groups is 5. The van der Waals surface area contributed by atoms with Crippen LogP contribution in [0.15, 0.2) is 0 Å². The van der Waals surface area contributed by atoms with Gasteiger partial charge in [-0.05, 0) is 0 Å². The van der Waals surface area contributed by atoms with Crippen LogP contribution in [0.3, 0.4) is 0 Å². The molecule has 0 rings (SSSR count). The molecule has 0 saturated carbocycles. The Balaban J connectivity index is 0. The number of aliphatic hydroxyl groups excluding tert-OH is 5. The Hall–Kier alpha value is -0.211. The molecule has 0 bridgehead atoms. The van der Waals surface area contributed by atoms with Gasteiger partial charge < -0.3 is 31.3 Å². The molecule has 0 fully saturated rings. The number of nitrogens with two attached hydrogens (primary N) is 1. The van der Waals surface area contributed by atoms with E-state index in [9.17, 15) is 4.79 Å². The second kappa shape index (κ2) is 7.13. The summed E-state index contributed by atoms with van der Waals surface area (Å²) in [5, 5.41) is 44.0. The molecule has 0 aromatic heterocycles. The fourth-order valence-corrected chi connectivity index (χ4v) is 0.691. The summed E-state index contributed by atoms with van der Waals surface area (Å²) in [6.45, 7) is -0.802. The van der Waals surface area contributed by atoms with Crippen molar-refractivity contribution in [2.75, 3.05) is 6.61 Å². The molecule has 0 radical (unpaired) electrons. The van der Waals surface area contributed by atoms with Crippen LogP contribution in [0.25, 0.3) is 0 Å². The summed E-state index contributed by atoms with van der Waals surface area (Å²) < 4.78 is 0. The van der Waals surface area contributed by atoms with Gasteiger partial charge in [0.15, 0.2) is 6.10 Å².